The topological polar surface area (TPSA) is 30.0 Å². The van der Waals surface area contributed by atoms with Crippen LogP contribution in [0.3, 0.4) is 0 Å². The molecule has 4 heteroatoms. The summed E-state index contributed by atoms with van der Waals surface area (Å²) in [6, 6.07) is 7.34. The van der Waals surface area contributed by atoms with Crippen molar-refractivity contribution in [2.75, 3.05) is 0 Å². The lowest BCUT2D eigenvalue weighted by Gasteiger charge is -2.05. The first kappa shape index (κ1) is 13.2. The number of pyridine rings is 1. The number of nitrogens with zero attached hydrogens (tertiary/aromatic N) is 1. The Morgan fingerprint density at radius 2 is 2.11 bits per heavy atom. The van der Waals surface area contributed by atoms with E-state index in [2.05, 4.69) is 20.9 Å². The number of carbonyl (C=O) groups is 1. The molecular weight excluding hydrogens is 314 g/mol. The monoisotopic (exact) mass is 323 g/mol. The lowest BCUT2D eigenvalue weighted by atomic mass is 10.0. The van der Waals surface area contributed by atoms with Crippen molar-refractivity contribution in [1.82, 2.24) is 4.98 Å². The summed E-state index contributed by atoms with van der Waals surface area (Å²) in [7, 11) is 0. The van der Waals surface area contributed by atoms with Gasteiger partial charge in [0.2, 0.25) is 0 Å². The van der Waals surface area contributed by atoms with Crippen LogP contribution in [0.25, 0.3) is 0 Å². The lowest BCUT2D eigenvalue weighted by molar-refractivity contribution is 0.0993. The van der Waals surface area contributed by atoms with Crippen molar-refractivity contribution < 1.29 is 4.79 Å². The van der Waals surface area contributed by atoms with Crippen LogP contribution >= 0.6 is 27.5 Å². The molecule has 0 aliphatic rings. The smallest absolute Gasteiger partial charge is 0.168 e. The number of rotatable bonds is 3. The second kappa shape index (κ2) is 5.63. The van der Waals surface area contributed by atoms with Gasteiger partial charge in [-0.05, 0) is 52.2 Å². The fourth-order valence-electron chi connectivity index (χ4n) is 1.68. The quantitative estimate of drug-likeness (QED) is 0.791. The minimum absolute atomic E-state index is 0.0000926. The maximum Gasteiger partial charge on any atom is 0.168 e. The van der Waals surface area contributed by atoms with E-state index in [0.29, 0.717) is 17.0 Å². The van der Waals surface area contributed by atoms with Crippen molar-refractivity contribution in [3.8, 4) is 0 Å². The average Bonchev–Trinajstić information content (AvgIpc) is 2.28. The first-order valence-corrected chi connectivity index (χ1v) is 6.62. The summed E-state index contributed by atoms with van der Waals surface area (Å²) in [5, 5.41) is 0.503. The minimum Gasteiger partial charge on any atom is -0.294 e. The van der Waals surface area contributed by atoms with Gasteiger partial charge in [0, 0.05) is 28.9 Å². The molecule has 0 aliphatic carbocycles. The zero-order valence-corrected chi connectivity index (χ0v) is 12.1. The van der Waals surface area contributed by atoms with Crippen molar-refractivity contribution in [1.29, 1.82) is 0 Å². The first-order chi connectivity index (χ1) is 8.56. The predicted molar refractivity (Wildman–Crippen MR) is 76.2 cm³/mol. The molecule has 0 saturated carbocycles. The van der Waals surface area contributed by atoms with Crippen LogP contribution in [0.1, 0.15) is 21.5 Å². The summed E-state index contributed by atoms with van der Waals surface area (Å²) in [5.41, 5.74) is 2.47. The van der Waals surface area contributed by atoms with Crippen LogP contribution in [0.2, 0.25) is 5.02 Å². The molecule has 0 unspecified atom stereocenters. The molecule has 0 amide bonds. The fraction of sp³-hybridized carbons (Fsp3) is 0.143. The number of aryl methyl sites for hydroxylation is 1. The number of carbonyl (C=O) groups excluding carboxylic acids is 1. The van der Waals surface area contributed by atoms with Crippen molar-refractivity contribution in [2.45, 2.75) is 13.3 Å². The highest BCUT2D eigenvalue weighted by molar-refractivity contribution is 9.10. The van der Waals surface area contributed by atoms with E-state index in [-0.39, 0.29) is 5.78 Å². The summed E-state index contributed by atoms with van der Waals surface area (Å²) in [6.07, 6.45) is 3.67. The Morgan fingerprint density at radius 1 is 1.33 bits per heavy atom. The van der Waals surface area contributed by atoms with Gasteiger partial charge in [-0.15, -0.1) is 0 Å². The molecule has 0 radical (unpaired) electrons. The molecular formula is C14H11BrClNO. The summed E-state index contributed by atoms with van der Waals surface area (Å²) in [5.74, 6) is -0.0000926. The number of Topliss-reactive ketones (excluding diaryl/α,β-unsaturated/α-hetero) is 1. The van der Waals surface area contributed by atoms with Crippen LogP contribution in [-0.4, -0.2) is 10.8 Å². The number of halogens is 2. The van der Waals surface area contributed by atoms with E-state index in [9.17, 15) is 4.79 Å². The molecule has 0 fully saturated rings. The molecule has 0 N–H and O–H groups in total. The Morgan fingerprint density at radius 3 is 2.78 bits per heavy atom. The molecule has 18 heavy (non-hydrogen) atoms. The van der Waals surface area contributed by atoms with Gasteiger partial charge in [-0.3, -0.25) is 9.78 Å². The maximum absolute atomic E-state index is 12.1. The first-order valence-electron chi connectivity index (χ1n) is 5.45. The Bertz CT molecular complexity index is 598. The largest absolute Gasteiger partial charge is 0.294 e. The fourth-order valence-corrected chi connectivity index (χ4v) is 2.43. The van der Waals surface area contributed by atoms with Gasteiger partial charge < -0.3 is 0 Å². The predicted octanol–water partition coefficient (Wildman–Crippen LogP) is 4.23. The Hall–Kier alpha value is -1.19. The summed E-state index contributed by atoms with van der Waals surface area (Å²) < 4.78 is 0.864. The Labute approximate surface area is 119 Å². The molecule has 0 saturated heterocycles. The third-order valence-corrected chi connectivity index (χ3v) is 3.30. The van der Waals surface area contributed by atoms with E-state index in [1.165, 1.54) is 0 Å². The molecule has 2 nitrogen and oxygen atoms in total. The zero-order chi connectivity index (χ0) is 13.1. The highest BCUT2D eigenvalue weighted by Crippen LogP contribution is 2.20. The molecule has 0 atom stereocenters. The molecule has 92 valence electrons. The standard InChI is InChI=1S/C14H11BrClNO/c1-9-2-3-12(13(16)4-9)14(18)6-10-5-11(15)8-17-7-10/h2-5,7-8H,6H2,1H3. The Balaban J connectivity index is 2.22. The lowest BCUT2D eigenvalue weighted by Crippen LogP contribution is -2.04. The second-order valence-electron chi connectivity index (χ2n) is 4.09. The van der Waals surface area contributed by atoms with Crippen LogP contribution in [0.4, 0.5) is 0 Å². The Kier molecular flexibility index (Phi) is 4.15. The highest BCUT2D eigenvalue weighted by atomic mass is 79.9. The zero-order valence-electron chi connectivity index (χ0n) is 9.78. The van der Waals surface area contributed by atoms with Crippen molar-refractivity contribution >= 4 is 33.3 Å². The van der Waals surface area contributed by atoms with Crippen molar-refractivity contribution in [3.63, 3.8) is 0 Å². The maximum atomic E-state index is 12.1. The number of benzene rings is 1. The van der Waals surface area contributed by atoms with Gasteiger partial charge in [0.25, 0.3) is 0 Å². The second-order valence-corrected chi connectivity index (χ2v) is 5.42. The molecule has 2 aromatic rings. The van der Waals surface area contributed by atoms with E-state index >= 15 is 0 Å². The molecule has 0 bridgehead atoms. The van der Waals surface area contributed by atoms with Gasteiger partial charge in [0.05, 0.1) is 5.02 Å². The van der Waals surface area contributed by atoms with E-state index < -0.39 is 0 Å². The van der Waals surface area contributed by atoms with Gasteiger partial charge >= 0.3 is 0 Å². The van der Waals surface area contributed by atoms with Crippen LogP contribution < -0.4 is 0 Å². The molecule has 2 rings (SSSR count). The molecule has 1 heterocycles. The van der Waals surface area contributed by atoms with Gasteiger partial charge in [-0.2, -0.15) is 0 Å². The summed E-state index contributed by atoms with van der Waals surface area (Å²) in [6.45, 7) is 1.94. The average molecular weight is 325 g/mol. The minimum atomic E-state index is -0.0000926. The van der Waals surface area contributed by atoms with Crippen LogP contribution in [0.5, 0.6) is 0 Å². The third-order valence-electron chi connectivity index (χ3n) is 2.55. The van der Waals surface area contributed by atoms with Crippen LogP contribution in [-0.2, 0) is 6.42 Å². The molecule has 0 spiro atoms. The van der Waals surface area contributed by atoms with Gasteiger partial charge in [0.1, 0.15) is 0 Å². The molecule has 1 aromatic carbocycles. The molecule has 1 aromatic heterocycles. The van der Waals surface area contributed by atoms with Crippen LogP contribution in [0.15, 0.2) is 41.1 Å². The van der Waals surface area contributed by atoms with Crippen molar-refractivity contribution in [2.24, 2.45) is 0 Å². The number of hydrogen-bond donors (Lipinski definition) is 0. The number of aromatic nitrogens is 1. The SMILES string of the molecule is Cc1ccc(C(=O)Cc2cncc(Br)c2)c(Cl)c1. The number of ketones is 1. The van der Waals surface area contributed by atoms with E-state index in [1.54, 1.807) is 24.5 Å². The normalized spacial score (nSPS) is 10.4. The van der Waals surface area contributed by atoms with E-state index in [0.717, 1.165) is 15.6 Å². The van der Waals surface area contributed by atoms with E-state index in [1.807, 2.05) is 19.1 Å². The van der Waals surface area contributed by atoms with Gasteiger partial charge in [0.15, 0.2) is 5.78 Å². The third kappa shape index (κ3) is 3.18. The van der Waals surface area contributed by atoms with Crippen molar-refractivity contribution in [3.05, 3.63) is 62.8 Å². The number of hydrogen-bond acceptors (Lipinski definition) is 2. The van der Waals surface area contributed by atoms with Gasteiger partial charge in [-0.25, -0.2) is 0 Å². The molecule has 0 aliphatic heterocycles. The summed E-state index contributed by atoms with van der Waals surface area (Å²) >= 11 is 9.41. The van der Waals surface area contributed by atoms with Crippen LogP contribution in [0, 0.1) is 6.92 Å². The van der Waals surface area contributed by atoms with E-state index in [4.69, 9.17) is 11.6 Å². The summed E-state index contributed by atoms with van der Waals surface area (Å²) in [4.78, 5) is 16.2. The van der Waals surface area contributed by atoms with Gasteiger partial charge in [-0.1, -0.05) is 17.7 Å². The highest BCUT2D eigenvalue weighted by Gasteiger charge is 2.11.